The van der Waals surface area contributed by atoms with Crippen molar-refractivity contribution >= 4 is 5.91 Å². The largest absolute Gasteiger partial charge is 0.497 e. The van der Waals surface area contributed by atoms with Crippen LogP contribution in [0.15, 0.2) is 42.5 Å². The summed E-state index contributed by atoms with van der Waals surface area (Å²) in [5, 5.41) is 2.90. The number of ether oxygens (including phenoxy) is 1. The lowest BCUT2D eigenvalue weighted by Gasteiger charge is -2.13. The third-order valence-corrected chi connectivity index (χ3v) is 3.81. The Balaban J connectivity index is 1.71. The summed E-state index contributed by atoms with van der Waals surface area (Å²) < 4.78 is 18.8. The molecular weight excluding hydrogens is 269 g/mol. The Bertz CT molecular complexity index is 659. The zero-order chi connectivity index (χ0) is 14.8. The second kappa shape index (κ2) is 5.56. The molecule has 3 nitrogen and oxygen atoms in total. The lowest BCUT2D eigenvalue weighted by atomic mass is 10.1. The molecule has 2 aromatic rings. The molecule has 0 aromatic heterocycles. The first-order valence-electron chi connectivity index (χ1n) is 6.88. The first-order chi connectivity index (χ1) is 10.2. The molecule has 0 atom stereocenters. The zero-order valence-corrected chi connectivity index (χ0v) is 11.7. The van der Waals surface area contributed by atoms with Crippen LogP contribution in [0.3, 0.4) is 0 Å². The molecule has 0 spiro atoms. The predicted molar refractivity (Wildman–Crippen MR) is 78.1 cm³/mol. The molecule has 1 aliphatic rings. The van der Waals surface area contributed by atoms with Gasteiger partial charge in [-0.2, -0.15) is 0 Å². The van der Waals surface area contributed by atoms with Crippen molar-refractivity contribution in [2.45, 2.75) is 18.9 Å². The molecule has 1 amide bonds. The van der Waals surface area contributed by atoms with Gasteiger partial charge in [0.25, 0.3) is 5.91 Å². The molecular formula is C17H16FNO2. The fraction of sp³-hybridized carbons (Fsp3) is 0.235. The maximum atomic E-state index is 13.9. The number of benzene rings is 2. The SMILES string of the molecule is COc1ccc(C(=O)NC2Cc3ccccc3C2)c(F)c1. The van der Waals surface area contributed by atoms with E-state index in [9.17, 15) is 9.18 Å². The van der Waals surface area contributed by atoms with Gasteiger partial charge in [0.05, 0.1) is 12.7 Å². The fourth-order valence-corrected chi connectivity index (χ4v) is 2.73. The van der Waals surface area contributed by atoms with Crippen LogP contribution in [0.5, 0.6) is 5.75 Å². The summed E-state index contributed by atoms with van der Waals surface area (Å²) >= 11 is 0. The number of fused-ring (bicyclic) bond motifs is 1. The molecule has 3 rings (SSSR count). The van der Waals surface area contributed by atoms with E-state index in [-0.39, 0.29) is 17.5 Å². The summed E-state index contributed by atoms with van der Waals surface area (Å²) in [5.41, 5.74) is 2.54. The highest BCUT2D eigenvalue weighted by atomic mass is 19.1. The van der Waals surface area contributed by atoms with Crippen LogP contribution in [0.4, 0.5) is 4.39 Å². The van der Waals surface area contributed by atoms with Gasteiger partial charge in [-0.25, -0.2) is 4.39 Å². The van der Waals surface area contributed by atoms with Crippen molar-refractivity contribution in [2.24, 2.45) is 0 Å². The first kappa shape index (κ1) is 13.6. The van der Waals surface area contributed by atoms with Crippen molar-refractivity contribution in [1.29, 1.82) is 0 Å². The van der Waals surface area contributed by atoms with Crippen LogP contribution in [-0.2, 0) is 12.8 Å². The number of nitrogens with one attached hydrogen (secondary N) is 1. The number of methoxy groups -OCH3 is 1. The summed E-state index contributed by atoms with van der Waals surface area (Å²) in [6.45, 7) is 0. The summed E-state index contributed by atoms with van der Waals surface area (Å²) in [6, 6.07) is 12.4. The number of halogens is 1. The van der Waals surface area contributed by atoms with Crippen molar-refractivity contribution in [1.82, 2.24) is 5.32 Å². The molecule has 0 saturated heterocycles. The van der Waals surface area contributed by atoms with Crippen molar-refractivity contribution in [3.05, 3.63) is 65.0 Å². The molecule has 0 radical (unpaired) electrons. The molecule has 2 aromatic carbocycles. The number of hydrogen-bond donors (Lipinski definition) is 1. The summed E-state index contributed by atoms with van der Waals surface area (Å²) in [5.74, 6) is -0.548. The molecule has 1 N–H and O–H groups in total. The predicted octanol–water partition coefficient (Wildman–Crippen LogP) is 2.73. The average molecular weight is 285 g/mol. The number of carbonyl (C=O) groups is 1. The third kappa shape index (κ3) is 2.75. The monoisotopic (exact) mass is 285 g/mol. The molecule has 0 heterocycles. The van der Waals surface area contributed by atoms with E-state index in [1.807, 2.05) is 12.1 Å². The van der Waals surface area contributed by atoms with Gasteiger partial charge in [0.15, 0.2) is 0 Å². The molecule has 0 aliphatic heterocycles. The number of rotatable bonds is 3. The highest BCUT2D eigenvalue weighted by Gasteiger charge is 2.23. The van der Waals surface area contributed by atoms with E-state index in [0.717, 1.165) is 12.8 Å². The molecule has 21 heavy (non-hydrogen) atoms. The summed E-state index contributed by atoms with van der Waals surface area (Å²) in [6.07, 6.45) is 1.58. The Hall–Kier alpha value is -2.36. The molecule has 108 valence electrons. The highest BCUT2D eigenvalue weighted by molar-refractivity contribution is 5.94. The van der Waals surface area contributed by atoms with Crippen molar-refractivity contribution in [3.8, 4) is 5.75 Å². The fourth-order valence-electron chi connectivity index (χ4n) is 2.73. The highest BCUT2D eigenvalue weighted by Crippen LogP contribution is 2.22. The minimum Gasteiger partial charge on any atom is -0.497 e. The van der Waals surface area contributed by atoms with Gasteiger partial charge in [-0.1, -0.05) is 24.3 Å². The standard InChI is InChI=1S/C17H16FNO2/c1-21-14-6-7-15(16(18)10-14)17(20)19-13-8-11-4-2-3-5-12(11)9-13/h2-7,10,13H,8-9H2,1H3,(H,19,20). The van der Waals surface area contributed by atoms with E-state index in [0.29, 0.717) is 5.75 Å². The van der Waals surface area contributed by atoms with Crippen molar-refractivity contribution in [2.75, 3.05) is 7.11 Å². The van der Waals surface area contributed by atoms with Gasteiger partial charge in [0.2, 0.25) is 0 Å². The van der Waals surface area contributed by atoms with Crippen LogP contribution in [0.2, 0.25) is 0 Å². The lowest BCUT2D eigenvalue weighted by Crippen LogP contribution is -2.35. The number of amides is 1. The van der Waals surface area contributed by atoms with Crippen LogP contribution in [0.1, 0.15) is 21.5 Å². The molecule has 4 heteroatoms. The second-order valence-electron chi connectivity index (χ2n) is 5.19. The van der Waals surface area contributed by atoms with E-state index in [4.69, 9.17) is 4.74 Å². The van der Waals surface area contributed by atoms with Gasteiger partial charge < -0.3 is 10.1 Å². The van der Waals surface area contributed by atoms with Crippen molar-refractivity contribution in [3.63, 3.8) is 0 Å². The lowest BCUT2D eigenvalue weighted by molar-refractivity contribution is 0.0934. The Morgan fingerprint density at radius 1 is 1.19 bits per heavy atom. The van der Waals surface area contributed by atoms with Crippen LogP contribution in [0.25, 0.3) is 0 Å². The average Bonchev–Trinajstić information content (AvgIpc) is 2.88. The third-order valence-electron chi connectivity index (χ3n) is 3.81. The summed E-state index contributed by atoms with van der Waals surface area (Å²) in [4.78, 5) is 12.2. The number of hydrogen-bond acceptors (Lipinski definition) is 2. The maximum Gasteiger partial charge on any atom is 0.254 e. The maximum absolute atomic E-state index is 13.9. The Kier molecular flexibility index (Phi) is 3.60. The van der Waals surface area contributed by atoms with Gasteiger partial charge in [-0.15, -0.1) is 0 Å². The van der Waals surface area contributed by atoms with E-state index in [1.165, 1.54) is 30.4 Å². The van der Waals surface area contributed by atoms with E-state index in [2.05, 4.69) is 17.4 Å². The Labute approximate surface area is 122 Å². The molecule has 0 fully saturated rings. The number of carbonyl (C=O) groups excluding carboxylic acids is 1. The second-order valence-corrected chi connectivity index (χ2v) is 5.19. The smallest absolute Gasteiger partial charge is 0.254 e. The van der Waals surface area contributed by atoms with E-state index < -0.39 is 5.82 Å². The first-order valence-corrected chi connectivity index (χ1v) is 6.88. The normalized spacial score (nSPS) is 13.8. The van der Waals surface area contributed by atoms with Gasteiger partial charge in [-0.05, 0) is 36.1 Å². The van der Waals surface area contributed by atoms with E-state index in [1.54, 1.807) is 6.07 Å². The molecule has 0 bridgehead atoms. The zero-order valence-electron chi connectivity index (χ0n) is 11.7. The Morgan fingerprint density at radius 3 is 2.43 bits per heavy atom. The van der Waals surface area contributed by atoms with Crippen LogP contribution >= 0.6 is 0 Å². The van der Waals surface area contributed by atoms with Gasteiger partial charge in [-0.3, -0.25) is 4.79 Å². The summed E-state index contributed by atoms with van der Waals surface area (Å²) in [7, 11) is 1.46. The van der Waals surface area contributed by atoms with Crippen LogP contribution in [-0.4, -0.2) is 19.1 Å². The van der Waals surface area contributed by atoms with Crippen LogP contribution < -0.4 is 10.1 Å². The Morgan fingerprint density at radius 2 is 1.86 bits per heavy atom. The van der Waals surface area contributed by atoms with Gasteiger partial charge in [0, 0.05) is 12.1 Å². The molecule has 1 aliphatic carbocycles. The minimum absolute atomic E-state index is 0.0244. The van der Waals surface area contributed by atoms with Crippen LogP contribution in [0, 0.1) is 5.82 Å². The van der Waals surface area contributed by atoms with Gasteiger partial charge in [0.1, 0.15) is 11.6 Å². The van der Waals surface area contributed by atoms with Crippen molar-refractivity contribution < 1.29 is 13.9 Å². The molecule has 0 unspecified atom stereocenters. The topological polar surface area (TPSA) is 38.3 Å². The minimum atomic E-state index is -0.567. The quantitative estimate of drug-likeness (QED) is 0.941. The van der Waals surface area contributed by atoms with Gasteiger partial charge >= 0.3 is 0 Å². The molecule has 0 saturated carbocycles. The van der Waals surface area contributed by atoms with E-state index >= 15 is 0 Å².